The first kappa shape index (κ1) is 18.4. The van der Waals surface area contributed by atoms with Crippen LogP contribution in [0.2, 0.25) is 0 Å². The average Bonchev–Trinajstić information content (AvgIpc) is 3.06. The van der Waals surface area contributed by atoms with Crippen molar-refractivity contribution in [2.24, 2.45) is 5.73 Å². The Hall–Kier alpha value is -1.89. The first-order chi connectivity index (χ1) is 10.8. The van der Waals surface area contributed by atoms with E-state index in [1.807, 2.05) is 61.9 Å². The molecule has 2 heterocycles. The Labute approximate surface area is 151 Å². The van der Waals surface area contributed by atoms with Gasteiger partial charge in [-0.3, -0.25) is 4.79 Å². The van der Waals surface area contributed by atoms with E-state index in [9.17, 15) is 4.79 Å². The van der Waals surface area contributed by atoms with Gasteiger partial charge in [0.2, 0.25) is 0 Å². The van der Waals surface area contributed by atoms with Crippen molar-refractivity contribution in [3.63, 3.8) is 0 Å². The molecule has 0 aliphatic carbocycles. The minimum absolute atomic E-state index is 0. The number of carbonyl (C=O) groups excluding carboxylic acids is 1. The summed E-state index contributed by atoms with van der Waals surface area (Å²) in [5.74, 6) is -0.0938. The highest BCUT2D eigenvalue weighted by atomic mass is 35.5. The number of hydrogen-bond donors (Lipinski definition) is 2. The Morgan fingerprint density at radius 2 is 2.00 bits per heavy atom. The number of aromatic nitrogens is 2. The zero-order valence-corrected chi connectivity index (χ0v) is 15.5. The fourth-order valence-corrected chi connectivity index (χ4v) is 3.40. The lowest BCUT2D eigenvalue weighted by atomic mass is 10.1. The minimum Gasteiger partial charge on any atom is -0.350 e. The first-order valence-corrected chi connectivity index (χ1v) is 8.28. The van der Waals surface area contributed by atoms with Crippen molar-refractivity contribution in [2.75, 3.05) is 6.54 Å². The number of nitrogens with zero attached hydrogens (tertiary/aromatic N) is 2. The first-order valence-electron chi connectivity index (χ1n) is 7.47. The van der Waals surface area contributed by atoms with Crippen molar-refractivity contribution in [3.05, 3.63) is 47.0 Å². The number of hydrogen-bond acceptors (Lipinski definition) is 4. The number of benzene rings is 1. The van der Waals surface area contributed by atoms with Gasteiger partial charge in [-0.25, -0.2) is 4.68 Å². The van der Waals surface area contributed by atoms with Crippen LogP contribution in [-0.2, 0) is 0 Å². The highest BCUT2D eigenvalue weighted by Crippen LogP contribution is 2.30. The third-order valence-electron chi connectivity index (χ3n) is 3.47. The van der Waals surface area contributed by atoms with Gasteiger partial charge in [0.1, 0.15) is 4.83 Å². The van der Waals surface area contributed by atoms with E-state index in [0.717, 1.165) is 21.6 Å². The lowest BCUT2D eigenvalue weighted by Gasteiger charge is -2.18. The Balaban J connectivity index is 0.00000208. The van der Waals surface area contributed by atoms with Crippen molar-refractivity contribution in [1.82, 2.24) is 15.1 Å². The predicted octanol–water partition coefficient (Wildman–Crippen LogP) is 3.28. The number of fused-ring (bicyclic) bond motifs is 1. The molecule has 3 rings (SSSR count). The number of amides is 1. The van der Waals surface area contributed by atoms with Gasteiger partial charge in [-0.15, -0.1) is 23.7 Å². The molecule has 0 spiro atoms. The third kappa shape index (κ3) is 3.77. The van der Waals surface area contributed by atoms with Crippen LogP contribution in [0, 0.1) is 6.92 Å². The van der Waals surface area contributed by atoms with Gasteiger partial charge >= 0.3 is 0 Å². The van der Waals surface area contributed by atoms with Crippen molar-refractivity contribution in [2.45, 2.75) is 26.3 Å². The third-order valence-corrected chi connectivity index (χ3v) is 4.58. The molecule has 0 radical (unpaired) electrons. The van der Waals surface area contributed by atoms with Crippen LogP contribution in [0.15, 0.2) is 36.4 Å². The van der Waals surface area contributed by atoms with Gasteiger partial charge in [-0.2, -0.15) is 5.10 Å². The zero-order valence-electron chi connectivity index (χ0n) is 13.9. The maximum absolute atomic E-state index is 12.3. The van der Waals surface area contributed by atoms with Gasteiger partial charge in [-0.1, -0.05) is 18.2 Å². The van der Waals surface area contributed by atoms with E-state index >= 15 is 0 Å². The summed E-state index contributed by atoms with van der Waals surface area (Å²) in [6.45, 7) is 6.16. The molecule has 3 N–H and O–H groups in total. The summed E-state index contributed by atoms with van der Waals surface area (Å²) >= 11 is 1.45. The van der Waals surface area contributed by atoms with Crippen LogP contribution in [0.3, 0.4) is 0 Å². The second kappa shape index (κ2) is 6.93. The largest absolute Gasteiger partial charge is 0.350 e. The number of carbonyl (C=O) groups is 1. The van der Waals surface area contributed by atoms with Crippen LogP contribution >= 0.6 is 23.7 Å². The van der Waals surface area contributed by atoms with Crippen LogP contribution < -0.4 is 11.1 Å². The molecule has 2 aromatic heterocycles. The Bertz CT molecular complexity index is 849. The summed E-state index contributed by atoms with van der Waals surface area (Å²) < 4.78 is 1.89. The van der Waals surface area contributed by atoms with Crippen LogP contribution in [-0.4, -0.2) is 27.8 Å². The number of para-hydroxylation sites is 1. The Morgan fingerprint density at radius 3 is 2.62 bits per heavy atom. The minimum atomic E-state index is -0.427. The van der Waals surface area contributed by atoms with Crippen molar-refractivity contribution < 1.29 is 4.79 Å². The molecule has 0 bridgehead atoms. The van der Waals surface area contributed by atoms with E-state index in [-0.39, 0.29) is 18.3 Å². The molecule has 0 saturated carbocycles. The van der Waals surface area contributed by atoms with Gasteiger partial charge < -0.3 is 11.1 Å². The molecule has 0 atom stereocenters. The monoisotopic (exact) mass is 364 g/mol. The van der Waals surface area contributed by atoms with Crippen LogP contribution in [0.4, 0.5) is 0 Å². The quantitative estimate of drug-likeness (QED) is 0.746. The molecule has 128 valence electrons. The van der Waals surface area contributed by atoms with E-state index in [1.54, 1.807) is 0 Å². The van der Waals surface area contributed by atoms with E-state index in [1.165, 1.54) is 11.3 Å². The Kier molecular flexibility index (Phi) is 5.32. The van der Waals surface area contributed by atoms with E-state index < -0.39 is 5.54 Å². The highest BCUT2D eigenvalue weighted by Gasteiger charge is 2.18. The predicted molar refractivity (Wildman–Crippen MR) is 102 cm³/mol. The summed E-state index contributed by atoms with van der Waals surface area (Å²) in [7, 11) is 0. The van der Waals surface area contributed by atoms with Crippen LogP contribution in [0.25, 0.3) is 15.9 Å². The number of nitrogens with two attached hydrogens (primary N) is 1. The molecule has 0 unspecified atom stereocenters. The summed E-state index contributed by atoms with van der Waals surface area (Å²) in [5, 5.41) is 8.48. The molecule has 0 saturated heterocycles. The number of rotatable bonds is 4. The van der Waals surface area contributed by atoms with Crippen molar-refractivity contribution >= 4 is 39.9 Å². The van der Waals surface area contributed by atoms with Gasteiger partial charge in [0, 0.05) is 17.5 Å². The van der Waals surface area contributed by atoms with Crippen LogP contribution in [0.1, 0.15) is 29.2 Å². The molecule has 1 aromatic carbocycles. The maximum Gasteiger partial charge on any atom is 0.261 e. The van der Waals surface area contributed by atoms with Crippen molar-refractivity contribution in [3.8, 4) is 5.69 Å². The van der Waals surface area contributed by atoms with Gasteiger partial charge in [0.15, 0.2) is 0 Å². The second-order valence-electron chi connectivity index (χ2n) is 6.33. The smallest absolute Gasteiger partial charge is 0.261 e. The van der Waals surface area contributed by atoms with Gasteiger partial charge in [-0.05, 0) is 39.0 Å². The number of nitrogens with one attached hydrogen (secondary N) is 1. The zero-order chi connectivity index (χ0) is 16.6. The number of aryl methyl sites for hydroxylation is 1. The summed E-state index contributed by atoms with van der Waals surface area (Å²) in [6, 6.07) is 11.8. The highest BCUT2D eigenvalue weighted by molar-refractivity contribution is 7.20. The molecule has 7 heteroatoms. The molecule has 0 fully saturated rings. The molecule has 24 heavy (non-hydrogen) atoms. The van der Waals surface area contributed by atoms with Crippen LogP contribution in [0.5, 0.6) is 0 Å². The fraction of sp³-hybridized carbons (Fsp3) is 0.294. The van der Waals surface area contributed by atoms with Gasteiger partial charge in [0.05, 0.1) is 16.3 Å². The number of thiophene rings is 1. The molecule has 0 aliphatic rings. The van der Waals surface area contributed by atoms with E-state index in [0.29, 0.717) is 11.4 Å². The van der Waals surface area contributed by atoms with Crippen molar-refractivity contribution in [1.29, 1.82) is 0 Å². The number of halogens is 1. The maximum atomic E-state index is 12.3. The normalized spacial score (nSPS) is 11.3. The fourth-order valence-electron chi connectivity index (χ4n) is 2.30. The van der Waals surface area contributed by atoms with E-state index in [4.69, 9.17) is 5.73 Å². The topological polar surface area (TPSA) is 72.9 Å². The average molecular weight is 365 g/mol. The molecule has 3 aromatic rings. The molecular formula is C17H21ClN4OS. The SMILES string of the molecule is Cc1nn(-c2ccccc2)c2sc(C(=O)NCC(C)(C)N)cc12.Cl. The summed E-state index contributed by atoms with van der Waals surface area (Å²) in [6.07, 6.45) is 0. The summed E-state index contributed by atoms with van der Waals surface area (Å²) in [4.78, 5) is 14.0. The lowest BCUT2D eigenvalue weighted by Crippen LogP contribution is -2.44. The molecule has 0 aliphatic heterocycles. The summed E-state index contributed by atoms with van der Waals surface area (Å²) in [5.41, 5.74) is 7.39. The lowest BCUT2D eigenvalue weighted by molar-refractivity contribution is 0.0950. The van der Waals surface area contributed by atoms with Gasteiger partial charge in [0.25, 0.3) is 5.91 Å². The van der Waals surface area contributed by atoms with E-state index in [2.05, 4.69) is 10.4 Å². The molecule has 1 amide bonds. The standard InChI is InChI=1S/C17H20N4OS.ClH/c1-11-13-9-14(15(22)19-10-17(2,3)18)23-16(13)21(20-11)12-7-5-4-6-8-12;/h4-9H,10,18H2,1-3H3,(H,19,22);1H. The second-order valence-corrected chi connectivity index (χ2v) is 7.36. The molecular weight excluding hydrogens is 344 g/mol. The Morgan fingerprint density at radius 1 is 1.33 bits per heavy atom. The molecule has 5 nitrogen and oxygen atoms in total.